The molecule has 1 aliphatic heterocycles. The zero-order valence-electron chi connectivity index (χ0n) is 22.5. The van der Waals surface area contributed by atoms with Crippen molar-refractivity contribution in [1.82, 2.24) is 9.03 Å². The lowest BCUT2D eigenvalue weighted by molar-refractivity contribution is 0.0506. The topological polar surface area (TPSA) is 97.3 Å². The normalized spacial score (nSPS) is 21.7. The van der Waals surface area contributed by atoms with Crippen LogP contribution in [-0.4, -0.2) is 50.7 Å². The van der Waals surface area contributed by atoms with Gasteiger partial charge in [0.05, 0.1) is 26.4 Å². The van der Waals surface area contributed by atoms with E-state index in [0.717, 1.165) is 42.6 Å². The average Bonchev–Trinajstić information content (AvgIpc) is 3.67. The third kappa shape index (κ3) is 7.29. The summed E-state index contributed by atoms with van der Waals surface area (Å²) in [5.74, 6) is 1.31. The minimum Gasteiger partial charge on any atom is -0.497 e. The number of aliphatic hydroxyl groups excluding tert-OH is 1. The summed E-state index contributed by atoms with van der Waals surface area (Å²) in [7, 11) is -2.46. The molecule has 0 amide bonds. The Balaban J connectivity index is 1.18. The van der Waals surface area contributed by atoms with E-state index in [1.165, 1.54) is 29.6 Å². The first kappa shape index (κ1) is 28.3. The summed E-state index contributed by atoms with van der Waals surface area (Å²) in [6.45, 7) is 1.31. The van der Waals surface area contributed by atoms with Crippen molar-refractivity contribution in [3.63, 3.8) is 0 Å². The van der Waals surface area contributed by atoms with Crippen LogP contribution in [0.3, 0.4) is 0 Å². The largest absolute Gasteiger partial charge is 0.497 e. The van der Waals surface area contributed by atoms with Crippen molar-refractivity contribution in [3.05, 3.63) is 58.9 Å². The third-order valence-electron chi connectivity index (χ3n) is 7.99. The van der Waals surface area contributed by atoms with Gasteiger partial charge in [-0.25, -0.2) is 4.39 Å². The van der Waals surface area contributed by atoms with E-state index in [0.29, 0.717) is 31.3 Å². The van der Waals surface area contributed by atoms with Crippen LogP contribution in [0.5, 0.6) is 11.5 Å². The lowest BCUT2D eigenvalue weighted by atomic mass is 9.90. The molecule has 2 aromatic carbocycles. The number of benzene rings is 2. The molecule has 0 spiro atoms. The number of aliphatic hydroxyl groups is 1. The van der Waals surface area contributed by atoms with Gasteiger partial charge in [0.2, 0.25) is 0 Å². The van der Waals surface area contributed by atoms with Crippen molar-refractivity contribution in [2.24, 2.45) is 5.92 Å². The Morgan fingerprint density at radius 2 is 1.82 bits per heavy atom. The number of ether oxygens (including phenoxy) is 3. The number of hydrogen-bond acceptors (Lipinski definition) is 6. The fourth-order valence-corrected chi connectivity index (χ4v) is 6.73. The van der Waals surface area contributed by atoms with Gasteiger partial charge in [0.15, 0.2) is 0 Å². The summed E-state index contributed by atoms with van der Waals surface area (Å²) in [6, 6.07) is 10.4. The fourth-order valence-electron chi connectivity index (χ4n) is 5.47. The number of rotatable bonds is 12. The molecule has 10 heteroatoms. The number of nitrogens with one attached hydrogen (secondary N) is 1. The van der Waals surface area contributed by atoms with E-state index in [1.54, 1.807) is 13.2 Å². The van der Waals surface area contributed by atoms with E-state index in [-0.39, 0.29) is 30.7 Å². The maximum Gasteiger partial charge on any atom is 0.281 e. The van der Waals surface area contributed by atoms with Crippen LogP contribution in [0.2, 0.25) is 0 Å². The summed E-state index contributed by atoms with van der Waals surface area (Å²) in [4.78, 5) is 0. The lowest BCUT2D eigenvalue weighted by Crippen LogP contribution is -2.41. The molecule has 2 unspecified atom stereocenters. The number of methoxy groups -OCH3 is 1. The number of halogens is 1. The molecule has 2 aromatic rings. The van der Waals surface area contributed by atoms with Gasteiger partial charge in [0, 0.05) is 24.7 Å². The van der Waals surface area contributed by atoms with Crippen molar-refractivity contribution in [2.75, 3.05) is 26.8 Å². The van der Waals surface area contributed by atoms with Gasteiger partial charge >= 0.3 is 0 Å². The molecule has 2 N–H and O–H groups in total. The minimum absolute atomic E-state index is 0.0861. The standard InChI is InChI=1S/C29H39FN2O6S/c1-36-23-11-7-21(8-12-23)18-37-24-13-14-32(17-24)39(34,35)31-29(33)26-15-25(22-9-10-22)28(16-27(26)30)38-19-20-5-3-2-4-6-20/h7-8,11-12,15-16,20,22,24,29,31,33H,2-6,9-10,13-14,17-19H2,1H3. The minimum atomic E-state index is -4.06. The number of nitrogens with zero attached hydrogens (tertiary/aromatic N) is 1. The van der Waals surface area contributed by atoms with E-state index in [9.17, 15) is 13.5 Å². The first-order valence-electron chi connectivity index (χ1n) is 14.0. The van der Waals surface area contributed by atoms with Crippen molar-refractivity contribution >= 4 is 10.2 Å². The van der Waals surface area contributed by atoms with E-state index in [2.05, 4.69) is 4.72 Å². The molecule has 39 heavy (non-hydrogen) atoms. The van der Waals surface area contributed by atoms with Crippen molar-refractivity contribution in [3.8, 4) is 11.5 Å². The summed E-state index contributed by atoms with van der Waals surface area (Å²) in [6.07, 6.45) is 6.41. The van der Waals surface area contributed by atoms with E-state index < -0.39 is 22.3 Å². The van der Waals surface area contributed by atoms with Crippen LogP contribution >= 0.6 is 0 Å². The lowest BCUT2D eigenvalue weighted by Gasteiger charge is -2.24. The van der Waals surface area contributed by atoms with Crippen LogP contribution in [-0.2, 0) is 21.6 Å². The first-order valence-corrected chi connectivity index (χ1v) is 15.4. The van der Waals surface area contributed by atoms with Crippen molar-refractivity contribution in [2.45, 2.75) is 76.2 Å². The zero-order valence-corrected chi connectivity index (χ0v) is 23.3. The molecule has 0 bridgehead atoms. The Labute approximate surface area is 230 Å². The molecule has 0 radical (unpaired) electrons. The predicted molar refractivity (Wildman–Crippen MR) is 145 cm³/mol. The Bertz CT molecular complexity index is 1220. The molecule has 5 rings (SSSR count). The monoisotopic (exact) mass is 562 g/mol. The maximum absolute atomic E-state index is 15.1. The molecule has 1 heterocycles. The Hall–Kier alpha value is -2.24. The van der Waals surface area contributed by atoms with Crippen LogP contribution in [0.4, 0.5) is 4.39 Å². The Morgan fingerprint density at radius 1 is 1.08 bits per heavy atom. The molecule has 1 saturated heterocycles. The Morgan fingerprint density at radius 3 is 2.51 bits per heavy atom. The van der Waals surface area contributed by atoms with Crippen molar-refractivity contribution < 1.29 is 32.1 Å². The molecule has 3 aliphatic rings. The highest BCUT2D eigenvalue weighted by molar-refractivity contribution is 7.87. The van der Waals surface area contributed by atoms with Crippen LogP contribution in [0, 0.1) is 11.7 Å². The molecule has 2 saturated carbocycles. The zero-order chi connectivity index (χ0) is 27.4. The second kappa shape index (κ2) is 12.5. The maximum atomic E-state index is 15.1. The molecule has 3 fully saturated rings. The van der Waals surface area contributed by atoms with Crippen LogP contribution in [0.1, 0.15) is 80.2 Å². The smallest absolute Gasteiger partial charge is 0.281 e. The molecule has 0 aromatic heterocycles. The molecule has 214 valence electrons. The highest BCUT2D eigenvalue weighted by Crippen LogP contribution is 2.46. The summed E-state index contributed by atoms with van der Waals surface area (Å²) in [5.41, 5.74) is 1.71. The van der Waals surface area contributed by atoms with Gasteiger partial charge in [-0.05, 0) is 73.3 Å². The van der Waals surface area contributed by atoms with Gasteiger partial charge in [-0.3, -0.25) is 0 Å². The highest BCUT2D eigenvalue weighted by Gasteiger charge is 2.35. The van der Waals surface area contributed by atoms with Gasteiger partial charge in [-0.1, -0.05) is 31.4 Å². The average molecular weight is 563 g/mol. The molecular formula is C29H39FN2O6S. The fraction of sp³-hybridized carbons (Fsp3) is 0.586. The van der Waals surface area contributed by atoms with Crippen LogP contribution in [0.25, 0.3) is 0 Å². The molecular weight excluding hydrogens is 523 g/mol. The van der Waals surface area contributed by atoms with E-state index >= 15 is 4.39 Å². The van der Waals surface area contributed by atoms with Gasteiger partial charge in [0.25, 0.3) is 10.2 Å². The second-order valence-electron chi connectivity index (χ2n) is 11.0. The Kier molecular flexibility index (Phi) is 9.08. The van der Waals surface area contributed by atoms with Gasteiger partial charge in [-0.2, -0.15) is 17.4 Å². The molecule has 2 aliphatic carbocycles. The van der Waals surface area contributed by atoms with Crippen molar-refractivity contribution in [1.29, 1.82) is 0 Å². The predicted octanol–water partition coefficient (Wildman–Crippen LogP) is 4.79. The first-order chi connectivity index (χ1) is 18.8. The number of hydrogen-bond donors (Lipinski definition) is 2. The van der Waals surface area contributed by atoms with Gasteiger partial charge < -0.3 is 19.3 Å². The van der Waals surface area contributed by atoms with Gasteiger partial charge in [0.1, 0.15) is 23.5 Å². The third-order valence-corrected chi connectivity index (χ3v) is 9.53. The van der Waals surface area contributed by atoms with Crippen LogP contribution in [0.15, 0.2) is 36.4 Å². The summed E-state index contributed by atoms with van der Waals surface area (Å²) < 4.78 is 61.8. The van der Waals surface area contributed by atoms with E-state index in [4.69, 9.17) is 14.2 Å². The van der Waals surface area contributed by atoms with Crippen LogP contribution < -0.4 is 14.2 Å². The second-order valence-corrected chi connectivity index (χ2v) is 12.7. The molecule has 2 atom stereocenters. The van der Waals surface area contributed by atoms with Gasteiger partial charge in [-0.15, -0.1) is 0 Å². The summed E-state index contributed by atoms with van der Waals surface area (Å²) in [5, 5.41) is 10.8. The SMILES string of the molecule is COc1ccc(COC2CCN(S(=O)(=O)NC(O)c3cc(C4CC4)c(OCC4CCCCC4)cc3F)C2)cc1. The summed E-state index contributed by atoms with van der Waals surface area (Å²) >= 11 is 0. The van der Waals surface area contributed by atoms with E-state index in [1.807, 2.05) is 24.3 Å². The highest BCUT2D eigenvalue weighted by atomic mass is 32.2. The quantitative estimate of drug-likeness (QED) is 0.361. The molecule has 8 nitrogen and oxygen atoms in total.